The molecular formula is C14H8O5V-. The Balaban J connectivity index is 0.000000328. The van der Waals surface area contributed by atoms with Crippen LogP contribution in [0.3, 0.4) is 0 Å². The van der Waals surface area contributed by atoms with E-state index in [-0.39, 0.29) is 11.6 Å². The molecule has 6 heteroatoms. The van der Waals surface area contributed by atoms with Crippen molar-refractivity contribution in [1.82, 2.24) is 0 Å². The number of carbonyl (C=O) groups is 2. The van der Waals surface area contributed by atoms with Gasteiger partial charge in [-0.05, 0) is 5.56 Å². The van der Waals surface area contributed by atoms with E-state index in [4.69, 9.17) is 11.4 Å². The third-order valence-electron chi connectivity index (χ3n) is 2.74. The number of hydrogen-bond acceptors (Lipinski definition) is 4. The van der Waals surface area contributed by atoms with Crippen molar-refractivity contribution in [2.75, 3.05) is 0 Å². The molecule has 20 heavy (non-hydrogen) atoms. The van der Waals surface area contributed by atoms with Crippen molar-refractivity contribution in [1.29, 1.82) is 0 Å². The Labute approximate surface area is 119 Å². The van der Waals surface area contributed by atoms with Crippen molar-refractivity contribution in [3.63, 3.8) is 0 Å². The molecule has 0 amide bonds. The monoisotopic (exact) mass is 307 g/mol. The second-order valence-electron chi connectivity index (χ2n) is 3.90. The fourth-order valence-electron chi connectivity index (χ4n) is 1.97. The van der Waals surface area contributed by atoms with Gasteiger partial charge in [-0.15, -0.1) is 24.3 Å². The van der Waals surface area contributed by atoms with Gasteiger partial charge >= 0.3 is 26.8 Å². The molecule has 2 aromatic rings. The van der Waals surface area contributed by atoms with Crippen LogP contribution < -0.4 is 0 Å². The first-order valence-corrected chi connectivity index (χ1v) is 7.31. The number of fused-ring (bicyclic) bond motifs is 2. The summed E-state index contributed by atoms with van der Waals surface area (Å²) in [7, 11) is 0. The first kappa shape index (κ1) is 14.3. The van der Waals surface area contributed by atoms with Crippen molar-refractivity contribution in [3.8, 4) is 0 Å². The fourth-order valence-corrected chi connectivity index (χ4v) is 1.97. The molecule has 0 radical (unpaired) electrons. The van der Waals surface area contributed by atoms with E-state index < -0.39 is 15.4 Å². The van der Waals surface area contributed by atoms with Gasteiger partial charge < -0.3 is 4.79 Å². The van der Waals surface area contributed by atoms with Gasteiger partial charge in [0.2, 0.25) is 0 Å². The van der Waals surface area contributed by atoms with Crippen LogP contribution in [-0.4, -0.2) is 15.6 Å². The van der Waals surface area contributed by atoms with Crippen LogP contribution in [0.4, 0.5) is 0 Å². The first-order chi connectivity index (χ1) is 9.52. The summed E-state index contributed by atoms with van der Waals surface area (Å²) in [5.74, 6) is -0.215. The fraction of sp³-hybridized carbons (Fsp3) is 0. The van der Waals surface area contributed by atoms with Crippen molar-refractivity contribution in [3.05, 3.63) is 70.8 Å². The standard InChI is InChI=1S/C14H7O2.H2O.2O.V/c15-13-9-5-1-2-6-10(9)14(16)12-8-4-3-7-11(12)13;;;;/h1-7H;1H2;;;/q-1;;;;+1/p-1. The molecule has 0 atom stereocenters. The van der Waals surface area contributed by atoms with Gasteiger partial charge in [0.15, 0.2) is 5.78 Å². The molecule has 0 aromatic heterocycles. The Morgan fingerprint density at radius 3 is 1.95 bits per heavy atom. The number of benzene rings is 2. The number of rotatable bonds is 0. The molecule has 0 unspecified atom stereocenters. The van der Waals surface area contributed by atoms with Gasteiger partial charge in [-0.2, -0.15) is 0 Å². The summed E-state index contributed by atoms with van der Waals surface area (Å²) < 4.78 is 24.4. The molecule has 0 spiro atoms. The second kappa shape index (κ2) is 5.92. The van der Waals surface area contributed by atoms with Gasteiger partial charge in [0, 0.05) is 5.56 Å². The van der Waals surface area contributed by atoms with Gasteiger partial charge in [0.05, 0.1) is 0 Å². The van der Waals surface area contributed by atoms with Crippen molar-refractivity contribution >= 4 is 11.6 Å². The molecule has 1 aliphatic rings. The third-order valence-corrected chi connectivity index (χ3v) is 2.74. The van der Waals surface area contributed by atoms with Crippen LogP contribution in [0.1, 0.15) is 31.8 Å². The van der Waals surface area contributed by atoms with E-state index in [1.54, 1.807) is 42.5 Å². The summed E-state index contributed by atoms with van der Waals surface area (Å²) >= 11 is -3.69. The zero-order chi connectivity index (χ0) is 14.7. The van der Waals surface area contributed by atoms with Crippen LogP contribution in [0, 0.1) is 6.07 Å². The molecule has 0 aliphatic heterocycles. The van der Waals surface area contributed by atoms with Gasteiger partial charge in [0.25, 0.3) is 0 Å². The van der Waals surface area contributed by atoms with Crippen LogP contribution >= 0.6 is 0 Å². The predicted molar refractivity (Wildman–Crippen MR) is 62.2 cm³/mol. The topological polar surface area (TPSA) is 88.5 Å². The third kappa shape index (κ3) is 2.75. The average molecular weight is 307 g/mol. The first-order valence-electron chi connectivity index (χ1n) is 5.54. The van der Waals surface area contributed by atoms with Gasteiger partial charge in [-0.25, -0.2) is 0 Å². The Morgan fingerprint density at radius 1 is 0.850 bits per heavy atom. The number of ketones is 2. The SMILES string of the molecule is O=C1c2[c-]cccc2C(=O)c2ccccc21.[O]=[V](=[O])[OH]. The summed E-state index contributed by atoms with van der Waals surface area (Å²) in [5, 5.41) is 0. The van der Waals surface area contributed by atoms with E-state index in [9.17, 15) is 9.59 Å². The molecule has 100 valence electrons. The second-order valence-corrected chi connectivity index (χ2v) is 4.64. The van der Waals surface area contributed by atoms with Crippen LogP contribution in [-0.2, 0) is 22.7 Å². The Bertz CT molecular complexity index is 648. The molecule has 3 rings (SSSR count). The summed E-state index contributed by atoms with van der Waals surface area (Å²) in [6.07, 6.45) is 0. The predicted octanol–water partition coefficient (Wildman–Crippen LogP) is 1.47. The molecule has 1 N–H and O–H groups in total. The molecule has 0 saturated carbocycles. The zero-order valence-corrected chi connectivity index (χ0v) is 11.5. The minimum absolute atomic E-state index is 0.0953. The van der Waals surface area contributed by atoms with Gasteiger partial charge in [-0.1, -0.05) is 35.4 Å². The maximum absolute atomic E-state index is 12.1. The van der Waals surface area contributed by atoms with Crippen LogP contribution in [0.25, 0.3) is 0 Å². The summed E-state index contributed by atoms with van der Waals surface area (Å²) in [5.41, 5.74) is 1.79. The normalized spacial score (nSPS) is 11.8. The number of hydrogen-bond donors (Lipinski definition) is 1. The molecule has 1 aliphatic carbocycles. The zero-order valence-electron chi connectivity index (χ0n) is 10.1. The summed E-state index contributed by atoms with van der Waals surface area (Å²) in [4.78, 5) is 24.2. The maximum atomic E-state index is 12.1. The minimum atomic E-state index is -3.69. The molecular weight excluding hydrogens is 299 g/mol. The van der Waals surface area contributed by atoms with Crippen molar-refractivity contribution in [2.45, 2.75) is 0 Å². The van der Waals surface area contributed by atoms with E-state index in [1.807, 2.05) is 0 Å². The molecule has 0 saturated heterocycles. The molecule has 0 heterocycles. The van der Waals surface area contributed by atoms with E-state index in [0.717, 1.165) is 0 Å². The Kier molecular flexibility index (Phi) is 4.24. The number of carbonyl (C=O) groups excluding carboxylic acids is 2. The van der Waals surface area contributed by atoms with E-state index >= 15 is 0 Å². The molecule has 5 nitrogen and oxygen atoms in total. The van der Waals surface area contributed by atoms with Crippen molar-refractivity contribution < 1.29 is 36.4 Å². The summed E-state index contributed by atoms with van der Waals surface area (Å²) in [6.45, 7) is 0. The molecule has 2 aromatic carbocycles. The van der Waals surface area contributed by atoms with Crippen LogP contribution in [0.2, 0.25) is 0 Å². The quantitative estimate of drug-likeness (QED) is 0.635. The average Bonchev–Trinajstić information content (AvgIpc) is 2.44. The summed E-state index contributed by atoms with van der Waals surface area (Å²) in [6, 6.07) is 14.8. The van der Waals surface area contributed by atoms with E-state index in [1.165, 1.54) is 0 Å². The molecule has 0 bridgehead atoms. The van der Waals surface area contributed by atoms with Crippen LogP contribution in [0.5, 0.6) is 0 Å². The van der Waals surface area contributed by atoms with Gasteiger partial charge in [0.1, 0.15) is 5.78 Å². The molecule has 0 fully saturated rings. The van der Waals surface area contributed by atoms with Crippen LogP contribution in [0.15, 0.2) is 42.5 Å². The Hall–Kier alpha value is -2.08. The Morgan fingerprint density at radius 2 is 1.35 bits per heavy atom. The van der Waals surface area contributed by atoms with Gasteiger partial charge in [-0.3, -0.25) is 4.79 Å². The van der Waals surface area contributed by atoms with E-state index in [2.05, 4.69) is 6.07 Å². The van der Waals surface area contributed by atoms with E-state index in [0.29, 0.717) is 22.3 Å². The van der Waals surface area contributed by atoms with Crippen molar-refractivity contribution in [2.24, 2.45) is 0 Å².